The number of rotatable bonds is 6. The van der Waals surface area contributed by atoms with Crippen LogP contribution in [0.3, 0.4) is 0 Å². The van der Waals surface area contributed by atoms with Gasteiger partial charge in [-0.25, -0.2) is 0 Å². The molecular weight excluding hydrogens is 703 g/mol. The normalized spacial score (nSPS) is 13.0. The highest BCUT2D eigenvalue weighted by Gasteiger charge is 2.48. The molecule has 2 aliphatic rings. The number of anilines is 3. The van der Waals surface area contributed by atoms with Gasteiger partial charge in [0.25, 0.3) is 0 Å². The van der Waals surface area contributed by atoms with Crippen molar-refractivity contribution in [1.29, 1.82) is 0 Å². The van der Waals surface area contributed by atoms with E-state index in [2.05, 4.69) is 229 Å². The lowest BCUT2D eigenvalue weighted by Crippen LogP contribution is -2.29. The third-order valence-electron chi connectivity index (χ3n) is 12.1. The van der Waals surface area contributed by atoms with Crippen molar-refractivity contribution in [2.45, 2.75) is 11.8 Å². The van der Waals surface area contributed by atoms with Crippen LogP contribution in [0.15, 0.2) is 224 Å². The van der Waals surface area contributed by atoms with Gasteiger partial charge in [0, 0.05) is 22.5 Å². The van der Waals surface area contributed by atoms with Gasteiger partial charge in [0.1, 0.15) is 11.5 Å². The SMILES string of the molecule is c1ccc(-c2ccc(N(c3ccc4c(c3)CC3(c5cc(-c6ccccc6)ccc5O4)c4ccccc4-c4ccccc43)c3ccccc3-c3ccccc3)cc2)cc1. The summed E-state index contributed by atoms with van der Waals surface area (Å²) >= 11 is 0. The molecule has 0 unspecified atom stereocenters. The van der Waals surface area contributed by atoms with Gasteiger partial charge in [-0.1, -0.05) is 176 Å². The summed E-state index contributed by atoms with van der Waals surface area (Å²) in [6.45, 7) is 0. The first-order valence-corrected chi connectivity index (χ1v) is 20.0. The second-order valence-corrected chi connectivity index (χ2v) is 15.3. The van der Waals surface area contributed by atoms with Crippen LogP contribution in [0.5, 0.6) is 11.5 Å². The number of benzene rings is 9. The van der Waals surface area contributed by atoms with Gasteiger partial charge < -0.3 is 9.64 Å². The van der Waals surface area contributed by atoms with Gasteiger partial charge in [-0.05, 0) is 111 Å². The molecule has 1 spiro atoms. The Morgan fingerprint density at radius 2 is 0.828 bits per heavy atom. The Balaban J connectivity index is 1.12. The average Bonchev–Trinajstić information content (AvgIpc) is 3.49. The monoisotopic (exact) mass is 741 g/mol. The second kappa shape index (κ2) is 14.0. The predicted octanol–water partition coefficient (Wildman–Crippen LogP) is 14.8. The topological polar surface area (TPSA) is 12.5 Å². The van der Waals surface area contributed by atoms with Crippen LogP contribution in [0.2, 0.25) is 0 Å². The number of para-hydroxylation sites is 1. The summed E-state index contributed by atoms with van der Waals surface area (Å²) in [6, 6.07) is 81.2. The molecule has 0 fully saturated rings. The van der Waals surface area contributed by atoms with E-state index in [1.54, 1.807) is 0 Å². The lowest BCUT2D eigenvalue weighted by atomic mass is 9.68. The summed E-state index contributed by atoms with van der Waals surface area (Å²) in [4.78, 5) is 2.41. The molecule has 1 heterocycles. The van der Waals surface area contributed by atoms with Crippen molar-refractivity contribution in [3.8, 4) is 56.0 Å². The van der Waals surface area contributed by atoms with Gasteiger partial charge in [-0.15, -0.1) is 0 Å². The van der Waals surface area contributed by atoms with E-state index in [0.717, 1.165) is 46.1 Å². The third kappa shape index (κ3) is 5.56. The molecule has 58 heavy (non-hydrogen) atoms. The van der Waals surface area contributed by atoms with E-state index in [1.807, 2.05) is 0 Å². The fraction of sp³-hybridized carbons (Fsp3) is 0.0357. The Morgan fingerprint density at radius 3 is 1.48 bits per heavy atom. The Kier molecular flexibility index (Phi) is 8.15. The van der Waals surface area contributed by atoms with Crippen LogP contribution < -0.4 is 9.64 Å². The molecule has 0 aromatic heterocycles. The van der Waals surface area contributed by atoms with Crippen molar-refractivity contribution in [2.75, 3.05) is 4.90 Å². The molecule has 2 nitrogen and oxygen atoms in total. The number of fused-ring (bicyclic) bond motifs is 8. The standard InChI is InChI=1S/C56H39NO/c1-4-16-39(17-5-1)41-28-31-45(32-29-41)57(53-27-15-12-22-47(53)42-20-8-3-9-21-42)46-33-35-54-44(36-46)38-56(50-25-13-10-23-48(50)49-24-11-14-26-51(49)56)52-37-43(30-34-55(52)58-54)40-18-6-2-7-19-40/h1-37H,38H2. The summed E-state index contributed by atoms with van der Waals surface area (Å²) in [5, 5.41) is 0. The van der Waals surface area contributed by atoms with Crippen molar-refractivity contribution in [2.24, 2.45) is 0 Å². The van der Waals surface area contributed by atoms with Gasteiger partial charge >= 0.3 is 0 Å². The van der Waals surface area contributed by atoms with E-state index in [0.29, 0.717) is 0 Å². The largest absolute Gasteiger partial charge is 0.457 e. The number of nitrogens with zero attached hydrogens (tertiary/aromatic N) is 1. The van der Waals surface area contributed by atoms with Crippen molar-refractivity contribution in [3.05, 3.63) is 247 Å². The van der Waals surface area contributed by atoms with E-state index in [9.17, 15) is 0 Å². The Bertz CT molecular complexity index is 2890. The van der Waals surface area contributed by atoms with Crippen molar-refractivity contribution >= 4 is 17.1 Å². The Hall–Kier alpha value is -7.42. The zero-order valence-electron chi connectivity index (χ0n) is 31.9. The van der Waals surface area contributed by atoms with Crippen LogP contribution in [0.1, 0.15) is 22.3 Å². The molecule has 0 bridgehead atoms. The molecule has 9 aromatic carbocycles. The van der Waals surface area contributed by atoms with Gasteiger partial charge in [0.2, 0.25) is 0 Å². The summed E-state index contributed by atoms with van der Waals surface area (Å²) in [7, 11) is 0. The van der Waals surface area contributed by atoms with E-state index < -0.39 is 5.41 Å². The summed E-state index contributed by atoms with van der Waals surface area (Å²) < 4.78 is 7.10. The van der Waals surface area contributed by atoms with Crippen molar-refractivity contribution < 1.29 is 4.74 Å². The van der Waals surface area contributed by atoms with Crippen LogP contribution in [0, 0.1) is 0 Å². The lowest BCUT2D eigenvalue weighted by Gasteiger charge is -2.33. The molecule has 0 saturated heterocycles. The highest BCUT2D eigenvalue weighted by molar-refractivity contribution is 5.90. The van der Waals surface area contributed by atoms with Crippen LogP contribution in [-0.2, 0) is 11.8 Å². The molecule has 0 N–H and O–H groups in total. The van der Waals surface area contributed by atoms with Gasteiger partial charge in [0.05, 0.1) is 11.1 Å². The molecule has 0 atom stereocenters. The molecule has 0 saturated carbocycles. The maximum absolute atomic E-state index is 7.10. The van der Waals surface area contributed by atoms with E-state index in [1.165, 1.54) is 55.6 Å². The van der Waals surface area contributed by atoms with E-state index in [4.69, 9.17) is 4.74 Å². The Morgan fingerprint density at radius 1 is 0.345 bits per heavy atom. The summed E-state index contributed by atoms with van der Waals surface area (Å²) in [5.41, 5.74) is 17.4. The van der Waals surface area contributed by atoms with Crippen LogP contribution in [0.4, 0.5) is 17.1 Å². The molecule has 11 rings (SSSR count). The number of ether oxygens (including phenoxy) is 1. The third-order valence-corrected chi connectivity index (χ3v) is 12.1. The molecule has 274 valence electrons. The maximum Gasteiger partial charge on any atom is 0.131 e. The zero-order chi connectivity index (χ0) is 38.5. The van der Waals surface area contributed by atoms with E-state index in [-0.39, 0.29) is 0 Å². The molecule has 1 aliphatic heterocycles. The maximum atomic E-state index is 7.10. The number of hydrogen-bond acceptors (Lipinski definition) is 2. The smallest absolute Gasteiger partial charge is 0.131 e. The van der Waals surface area contributed by atoms with Crippen LogP contribution in [-0.4, -0.2) is 0 Å². The summed E-state index contributed by atoms with van der Waals surface area (Å²) in [5.74, 6) is 1.77. The van der Waals surface area contributed by atoms with Gasteiger partial charge in [0.15, 0.2) is 0 Å². The van der Waals surface area contributed by atoms with E-state index >= 15 is 0 Å². The molecule has 0 amide bonds. The lowest BCUT2D eigenvalue weighted by molar-refractivity contribution is 0.477. The molecular formula is C56H39NO. The first-order valence-electron chi connectivity index (χ1n) is 20.0. The molecule has 2 heteroatoms. The highest BCUT2D eigenvalue weighted by Crippen LogP contribution is 2.59. The first kappa shape index (κ1) is 33.9. The second-order valence-electron chi connectivity index (χ2n) is 15.3. The number of hydrogen-bond donors (Lipinski definition) is 0. The summed E-state index contributed by atoms with van der Waals surface area (Å²) in [6.07, 6.45) is 0.733. The first-order chi connectivity index (χ1) is 28.7. The van der Waals surface area contributed by atoms with Crippen molar-refractivity contribution in [3.63, 3.8) is 0 Å². The molecule has 9 aromatic rings. The van der Waals surface area contributed by atoms with Crippen molar-refractivity contribution in [1.82, 2.24) is 0 Å². The predicted molar refractivity (Wildman–Crippen MR) is 239 cm³/mol. The van der Waals surface area contributed by atoms with Crippen LogP contribution >= 0.6 is 0 Å². The Labute approximate surface area is 339 Å². The van der Waals surface area contributed by atoms with Gasteiger partial charge in [-0.3, -0.25) is 0 Å². The quantitative estimate of drug-likeness (QED) is 0.168. The van der Waals surface area contributed by atoms with Crippen LogP contribution in [0.25, 0.3) is 44.5 Å². The van der Waals surface area contributed by atoms with Gasteiger partial charge in [-0.2, -0.15) is 0 Å². The minimum atomic E-state index is -0.485. The minimum Gasteiger partial charge on any atom is -0.457 e. The fourth-order valence-electron chi connectivity index (χ4n) is 9.40. The molecule has 0 radical (unpaired) electrons. The zero-order valence-corrected chi connectivity index (χ0v) is 31.9. The highest BCUT2D eigenvalue weighted by atomic mass is 16.5. The fourth-order valence-corrected chi connectivity index (χ4v) is 9.40. The minimum absolute atomic E-state index is 0.485. The molecule has 1 aliphatic carbocycles. The average molecular weight is 742 g/mol.